The lowest BCUT2D eigenvalue weighted by molar-refractivity contribution is 0.415. The van der Waals surface area contributed by atoms with Crippen LogP contribution in [0.25, 0.3) is 11.3 Å². The number of benzene rings is 1. The molecule has 0 unspecified atom stereocenters. The highest BCUT2D eigenvalue weighted by atomic mass is 35.5. The molecular weight excluding hydrogens is 249 g/mol. The topological polar surface area (TPSA) is 63.9 Å². The van der Waals surface area contributed by atoms with Gasteiger partial charge in [0, 0.05) is 5.56 Å². The molecule has 0 amide bonds. The van der Waals surface area contributed by atoms with Crippen LogP contribution in [0.4, 0.5) is 5.95 Å². The number of H-pyrrole nitrogens is 1. The first-order chi connectivity index (χ1) is 7.61. The second kappa shape index (κ2) is 4.23. The minimum Gasteiger partial charge on any atom is -0.495 e. The van der Waals surface area contributed by atoms with E-state index in [1.807, 2.05) is 6.07 Å². The third-order valence-corrected chi connectivity index (χ3v) is 2.67. The molecule has 0 bridgehead atoms. The van der Waals surface area contributed by atoms with Gasteiger partial charge in [-0.15, -0.1) is 0 Å². The normalized spacial score (nSPS) is 10.4. The number of hydrogen-bond donors (Lipinski definition) is 2. The molecule has 2 aromatic rings. The van der Waals surface area contributed by atoms with Gasteiger partial charge in [-0.2, -0.15) is 0 Å². The highest BCUT2D eigenvalue weighted by Gasteiger charge is 2.11. The predicted molar refractivity (Wildman–Crippen MR) is 65.0 cm³/mol. The van der Waals surface area contributed by atoms with Gasteiger partial charge in [0.1, 0.15) is 16.6 Å². The van der Waals surface area contributed by atoms with E-state index in [1.165, 1.54) is 0 Å². The van der Waals surface area contributed by atoms with E-state index in [-0.39, 0.29) is 5.95 Å². The number of anilines is 1. The van der Waals surface area contributed by atoms with E-state index in [1.54, 1.807) is 19.2 Å². The second-order valence-corrected chi connectivity index (χ2v) is 3.92. The highest BCUT2D eigenvalue weighted by molar-refractivity contribution is 6.33. The monoisotopic (exact) mass is 257 g/mol. The van der Waals surface area contributed by atoms with Crippen LogP contribution in [-0.2, 0) is 0 Å². The maximum Gasteiger partial charge on any atom is 0.199 e. The second-order valence-electron chi connectivity index (χ2n) is 3.13. The van der Waals surface area contributed by atoms with E-state index in [4.69, 9.17) is 33.7 Å². The molecule has 84 valence electrons. The summed E-state index contributed by atoms with van der Waals surface area (Å²) in [5.74, 6) is 0.872. The van der Waals surface area contributed by atoms with Gasteiger partial charge < -0.3 is 15.5 Å². The largest absolute Gasteiger partial charge is 0.495 e. The van der Waals surface area contributed by atoms with Gasteiger partial charge >= 0.3 is 0 Å². The molecule has 1 aromatic heterocycles. The van der Waals surface area contributed by atoms with Crippen LogP contribution in [-0.4, -0.2) is 17.1 Å². The fourth-order valence-corrected chi connectivity index (χ4v) is 1.88. The summed E-state index contributed by atoms with van der Waals surface area (Å²) >= 11 is 11.9. The Morgan fingerprint density at radius 2 is 2.12 bits per heavy atom. The average molecular weight is 258 g/mol. The summed E-state index contributed by atoms with van der Waals surface area (Å²) < 4.78 is 5.05. The zero-order valence-electron chi connectivity index (χ0n) is 8.42. The van der Waals surface area contributed by atoms with Crippen molar-refractivity contribution in [2.75, 3.05) is 12.8 Å². The van der Waals surface area contributed by atoms with Crippen LogP contribution in [0.2, 0.25) is 10.2 Å². The molecule has 6 heteroatoms. The fourth-order valence-electron chi connectivity index (χ4n) is 1.37. The van der Waals surface area contributed by atoms with Crippen molar-refractivity contribution in [3.05, 3.63) is 28.4 Å². The molecule has 0 aliphatic heterocycles. The van der Waals surface area contributed by atoms with Gasteiger partial charge in [-0.05, 0) is 18.2 Å². The third kappa shape index (κ3) is 1.94. The number of nitrogen functional groups attached to an aromatic ring is 1. The lowest BCUT2D eigenvalue weighted by atomic mass is 10.1. The van der Waals surface area contributed by atoms with E-state index >= 15 is 0 Å². The van der Waals surface area contributed by atoms with E-state index in [0.717, 1.165) is 5.56 Å². The van der Waals surface area contributed by atoms with E-state index in [0.29, 0.717) is 21.6 Å². The Balaban J connectivity index is 2.49. The van der Waals surface area contributed by atoms with Crippen molar-refractivity contribution in [1.29, 1.82) is 0 Å². The zero-order valence-corrected chi connectivity index (χ0v) is 9.93. The van der Waals surface area contributed by atoms with Crippen LogP contribution >= 0.6 is 23.2 Å². The molecule has 0 atom stereocenters. The number of ether oxygens (including phenoxy) is 1. The lowest BCUT2D eigenvalue weighted by Crippen LogP contribution is -1.87. The molecule has 16 heavy (non-hydrogen) atoms. The lowest BCUT2D eigenvalue weighted by Gasteiger charge is -2.04. The first-order valence-electron chi connectivity index (χ1n) is 4.46. The number of halogens is 2. The molecule has 0 saturated heterocycles. The number of hydrogen-bond acceptors (Lipinski definition) is 3. The summed E-state index contributed by atoms with van der Waals surface area (Å²) in [6.07, 6.45) is 0. The number of rotatable bonds is 2. The summed E-state index contributed by atoms with van der Waals surface area (Å²) in [5, 5.41) is 0.886. The summed E-state index contributed by atoms with van der Waals surface area (Å²) in [6.45, 7) is 0. The Bertz CT molecular complexity index is 525. The number of aromatic nitrogens is 2. The van der Waals surface area contributed by atoms with Gasteiger partial charge in [0.2, 0.25) is 0 Å². The van der Waals surface area contributed by atoms with Crippen molar-refractivity contribution < 1.29 is 4.74 Å². The Morgan fingerprint density at radius 1 is 1.38 bits per heavy atom. The molecule has 0 aliphatic carbocycles. The maximum absolute atomic E-state index is 6.00. The number of nitrogens with two attached hydrogens (primary N) is 1. The van der Waals surface area contributed by atoms with Gasteiger partial charge in [-0.3, -0.25) is 0 Å². The van der Waals surface area contributed by atoms with Crippen LogP contribution < -0.4 is 10.5 Å². The van der Waals surface area contributed by atoms with Crippen molar-refractivity contribution in [2.45, 2.75) is 0 Å². The molecular formula is C10H9Cl2N3O. The van der Waals surface area contributed by atoms with Crippen LogP contribution in [0.15, 0.2) is 18.2 Å². The first kappa shape index (κ1) is 11.1. The Labute approximate surface area is 102 Å². The van der Waals surface area contributed by atoms with Crippen molar-refractivity contribution in [1.82, 2.24) is 9.97 Å². The van der Waals surface area contributed by atoms with Crippen molar-refractivity contribution in [3.8, 4) is 17.0 Å². The summed E-state index contributed by atoms with van der Waals surface area (Å²) in [5.41, 5.74) is 6.86. The highest BCUT2D eigenvalue weighted by Crippen LogP contribution is 2.32. The number of nitrogens with one attached hydrogen (secondary N) is 1. The fraction of sp³-hybridized carbons (Fsp3) is 0.100. The molecule has 0 saturated carbocycles. The Kier molecular flexibility index (Phi) is 2.94. The summed E-state index contributed by atoms with van der Waals surface area (Å²) in [4.78, 5) is 6.78. The molecule has 1 aromatic carbocycles. The van der Waals surface area contributed by atoms with Gasteiger partial charge in [0.25, 0.3) is 0 Å². The molecule has 1 heterocycles. The van der Waals surface area contributed by atoms with Gasteiger partial charge in [0.05, 0.1) is 12.1 Å². The molecule has 3 N–H and O–H groups in total. The van der Waals surface area contributed by atoms with Crippen LogP contribution in [0.1, 0.15) is 0 Å². The number of imidazole rings is 1. The molecule has 4 nitrogen and oxygen atoms in total. The Hall–Kier alpha value is -1.39. The SMILES string of the molecule is COc1ccc(-c2nc(N)[nH]c2Cl)cc1Cl. The third-order valence-electron chi connectivity index (χ3n) is 2.10. The van der Waals surface area contributed by atoms with Gasteiger partial charge in [-0.25, -0.2) is 4.98 Å². The number of aromatic amines is 1. The van der Waals surface area contributed by atoms with Crippen molar-refractivity contribution in [2.24, 2.45) is 0 Å². The van der Waals surface area contributed by atoms with Crippen LogP contribution in [0, 0.1) is 0 Å². The Morgan fingerprint density at radius 3 is 2.62 bits per heavy atom. The van der Waals surface area contributed by atoms with Crippen LogP contribution in [0.5, 0.6) is 5.75 Å². The van der Waals surface area contributed by atoms with E-state index < -0.39 is 0 Å². The zero-order chi connectivity index (χ0) is 11.7. The minimum absolute atomic E-state index is 0.270. The van der Waals surface area contributed by atoms with Crippen molar-refractivity contribution in [3.63, 3.8) is 0 Å². The van der Waals surface area contributed by atoms with Gasteiger partial charge in [0.15, 0.2) is 5.95 Å². The van der Waals surface area contributed by atoms with E-state index in [9.17, 15) is 0 Å². The minimum atomic E-state index is 0.270. The number of nitrogens with zero attached hydrogens (tertiary/aromatic N) is 1. The molecule has 0 fully saturated rings. The van der Waals surface area contributed by atoms with Crippen LogP contribution in [0.3, 0.4) is 0 Å². The standard InChI is InChI=1S/C10H9Cl2N3O/c1-16-7-3-2-5(4-6(7)11)8-9(12)15-10(13)14-8/h2-4H,1H3,(H3,13,14,15). The van der Waals surface area contributed by atoms with Gasteiger partial charge in [-0.1, -0.05) is 23.2 Å². The maximum atomic E-state index is 6.00. The number of methoxy groups -OCH3 is 1. The van der Waals surface area contributed by atoms with Crippen molar-refractivity contribution >= 4 is 29.2 Å². The summed E-state index contributed by atoms with van der Waals surface area (Å²) in [6, 6.07) is 5.28. The first-order valence-corrected chi connectivity index (χ1v) is 5.22. The molecule has 0 spiro atoms. The smallest absolute Gasteiger partial charge is 0.199 e. The molecule has 2 rings (SSSR count). The molecule has 0 radical (unpaired) electrons. The predicted octanol–water partition coefficient (Wildman–Crippen LogP) is 2.97. The quantitative estimate of drug-likeness (QED) is 0.870. The molecule has 0 aliphatic rings. The summed E-state index contributed by atoms with van der Waals surface area (Å²) in [7, 11) is 1.56. The van der Waals surface area contributed by atoms with E-state index in [2.05, 4.69) is 9.97 Å². The average Bonchev–Trinajstić information content (AvgIpc) is 2.58.